The molecular formula is C14H18ClN3O3S. The Bertz CT molecular complexity index is 701. The zero-order valence-corrected chi connectivity index (χ0v) is 13.9. The summed E-state index contributed by atoms with van der Waals surface area (Å²) in [7, 11) is -3.58. The maximum atomic E-state index is 12.1. The van der Waals surface area contributed by atoms with Gasteiger partial charge in [-0.3, -0.25) is 4.79 Å². The summed E-state index contributed by atoms with van der Waals surface area (Å²) in [6, 6.07) is 0. The lowest BCUT2D eigenvalue weighted by Crippen LogP contribution is -2.27. The molecular weight excluding hydrogens is 326 g/mol. The Morgan fingerprint density at radius 3 is 2.82 bits per heavy atom. The molecule has 120 valence electrons. The third kappa shape index (κ3) is 4.51. The van der Waals surface area contributed by atoms with E-state index in [0.29, 0.717) is 6.54 Å². The van der Waals surface area contributed by atoms with Gasteiger partial charge in [-0.1, -0.05) is 23.3 Å². The van der Waals surface area contributed by atoms with Crippen LogP contribution in [0, 0.1) is 0 Å². The number of hydrogen-bond donors (Lipinski definition) is 1. The van der Waals surface area contributed by atoms with Crippen molar-refractivity contribution in [3.63, 3.8) is 0 Å². The molecule has 1 aromatic rings. The van der Waals surface area contributed by atoms with Gasteiger partial charge in [0.1, 0.15) is 0 Å². The lowest BCUT2D eigenvalue weighted by Gasteiger charge is -2.13. The fourth-order valence-electron chi connectivity index (χ4n) is 2.24. The molecule has 2 rings (SSSR count). The van der Waals surface area contributed by atoms with Gasteiger partial charge in [0, 0.05) is 12.8 Å². The number of nitrogens with zero attached hydrogens (tertiary/aromatic N) is 2. The number of nitrogens with one attached hydrogen (secondary N) is 1. The molecule has 0 saturated carbocycles. The normalized spacial score (nSPS) is 15.3. The number of carbonyl (C=O) groups excluding carboxylic acids is 1. The zero-order chi connectivity index (χ0) is 16.2. The third-order valence-electron chi connectivity index (χ3n) is 3.39. The second-order valence-electron chi connectivity index (χ2n) is 5.24. The molecule has 1 aliphatic carbocycles. The molecule has 0 fully saturated rings. The van der Waals surface area contributed by atoms with Gasteiger partial charge >= 0.3 is 0 Å². The Balaban J connectivity index is 2.01. The largest absolute Gasteiger partial charge is 0.350 e. The van der Waals surface area contributed by atoms with Crippen LogP contribution in [0.5, 0.6) is 0 Å². The Kier molecular flexibility index (Phi) is 5.52. The summed E-state index contributed by atoms with van der Waals surface area (Å²) in [6.07, 6.45) is 9.69. The van der Waals surface area contributed by atoms with Gasteiger partial charge in [0.15, 0.2) is 5.69 Å². The highest BCUT2D eigenvalue weighted by Gasteiger charge is 2.18. The molecule has 1 heterocycles. The SMILES string of the molecule is CS(=O)(=O)c1ncc(Cl)c(C(=O)NCCC2=CCCCC2)n1. The quantitative estimate of drug-likeness (QED) is 0.653. The number of hydrogen-bond acceptors (Lipinski definition) is 5. The lowest BCUT2D eigenvalue weighted by atomic mass is 9.97. The Morgan fingerprint density at radius 2 is 2.18 bits per heavy atom. The second kappa shape index (κ2) is 7.19. The number of aromatic nitrogens is 2. The van der Waals surface area contributed by atoms with E-state index in [0.717, 1.165) is 31.7 Å². The Labute approximate surface area is 134 Å². The molecule has 1 aliphatic rings. The summed E-state index contributed by atoms with van der Waals surface area (Å²) in [5.74, 6) is -0.492. The molecule has 0 atom stereocenters. The van der Waals surface area contributed by atoms with Crippen LogP contribution >= 0.6 is 11.6 Å². The summed E-state index contributed by atoms with van der Waals surface area (Å²) >= 11 is 5.88. The lowest BCUT2D eigenvalue weighted by molar-refractivity contribution is 0.0948. The van der Waals surface area contributed by atoms with Crippen molar-refractivity contribution in [1.29, 1.82) is 0 Å². The van der Waals surface area contributed by atoms with Crippen molar-refractivity contribution >= 4 is 27.3 Å². The van der Waals surface area contributed by atoms with E-state index in [9.17, 15) is 13.2 Å². The first-order chi connectivity index (χ1) is 10.4. The van der Waals surface area contributed by atoms with E-state index in [2.05, 4.69) is 21.4 Å². The van der Waals surface area contributed by atoms with Gasteiger partial charge in [-0.05, 0) is 32.1 Å². The van der Waals surface area contributed by atoms with Crippen LogP contribution in [0.4, 0.5) is 0 Å². The minimum atomic E-state index is -3.58. The first-order valence-corrected chi connectivity index (χ1v) is 9.33. The standard InChI is InChI=1S/C14H18ClN3O3S/c1-22(20,21)14-17-9-11(15)12(18-14)13(19)16-8-7-10-5-3-2-4-6-10/h5,9H,2-4,6-8H2,1H3,(H,16,19). The number of halogens is 1. The molecule has 0 unspecified atom stereocenters. The molecule has 0 aliphatic heterocycles. The smallest absolute Gasteiger partial charge is 0.271 e. The second-order valence-corrected chi connectivity index (χ2v) is 7.55. The van der Waals surface area contributed by atoms with Crippen molar-refractivity contribution in [1.82, 2.24) is 15.3 Å². The van der Waals surface area contributed by atoms with E-state index in [1.165, 1.54) is 18.4 Å². The van der Waals surface area contributed by atoms with E-state index in [4.69, 9.17) is 11.6 Å². The van der Waals surface area contributed by atoms with Crippen LogP contribution in [-0.2, 0) is 9.84 Å². The maximum Gasteiger partial charge on any atom is 0.271 e. The molecule has 22 heavy (non-hydrogen) atoms. The van der Waals surface area contributed by atoms with Crippen molar-refractivity contribution in [3.05, 3.63) is 28.6 Å². The van der Waals surface area contributed by atoms with Gasteiger partial charge < -0.3 is 5.32 Å². The maximum absolute atomic E-state index is 12.1. The number of amides is 1. The summed E-state index contributed by atoms with van der Waals surface area (Å²) < 4.78 is 22.9. The molecule has 6 nitrogen and oxygen atoms in total. The highest BCUT2D eigenvalue weighted by molar-refractivity contribution is 7.90. The van der Waals surface area contributed by atoms with Crippen LogP contribution in [0.15, 0.2) is 23.0 Å². The Hall–Kier alpha value is -1.47. The minimum Gasteiger partial charge on any atom is -0.350 e. The first kappa shape index (κ1) is 16.9. The fraction of sp³-hybridized carbons (Fsp3) is 0.500. The summed E-state index contributed by atoms with van der Waals surface area (Å²) in [5, 5.41) is 2.34. The topological polar surface area (TPSA) is 89.0 Å². The molecule has 0 bridgehead atoms. The predicted octanol–water partition coefficient (Wildman–Crippen LogP) is 2.15. The monoisotopic (exact) mass is 343 g/mol. The van der Waals surface area contributed by atoms with E-state index in [1.807, 2.05) is 0 Å². The predicted molar refractivity (Wildman–Crippen MR) is 83.7 cm³/mol. The zero-order valence-electron chi connectivity index (χ0n) is 12.3. The minimum absolute atomic E-state index is 0.0294. The summed E-state index contributed by atoms with van der Waals surface area (Å²) in [6.45, 7) is 0.471. The summed E-state index contributed by atoms with van der Waals surface area (Å²) in [5.41, 5.74) is 1.23. The van der Waals surface area contributed by atoms with E-state index in [-0.39, 0.29) is 10.7 Å². The fourth-order valence-corrected chi connectivity index (χ4v) is 2.92. The van der Waals surface area contributed by atoms with Gasteiger partial charge in [-0.25, -0.2) is 18.4 Å². The van der Waals surface area contributed by atoms with Gasteiger partial charge in [-0.2, -0.15) is 0 Å². The summed E-state index contributed by atoms with van der Waals surface area (Å²) in [4.78, 5) is 19.5. The number of allylic oxidation sites excluding steroid dienone is 1. The molecule has 1 amide bonds. The molecule has 0 aromatic carbocycles. The molecule has 0 spiro atoms. The molecule has 1 N–H and O–H groups in total. The van der Waals surface area contributed by atoms with Crippen LogP contribution in [0.1, 0.15) is 42.6 Å². The van der Waals surface area contributed by atoms with E-state index >= 15 is 0 Å². The van der Waals surface area contributed by atoms with Gasteiger partial charge in [0.05, 0.1) is 11.2 Å². The van der Waals surface area contributed by atoms with Crippen LogP contribution in [-0.4, -0.2) is 37.1 Å². The van der Waals surface area contributed by atoms with Crippen molar-refractivity contribution in [2.45, 2.75) is 37.3 Å². The Morgan fingerprint density at radius 1 is 1.41 bits per heavy atom. The molecule has 8 heteroatoms. The number of sulfone groups is 1. The van der Waals surface area contributed by atoms with Crippen LogP contribution in [0.3, 0.4) is 0 Å². The van der Waals surface area contributed by atoms with Crippen LogP contribution in [0.2, 0.25) is 5.02 Å². The molecule has 1 aromatic heterocycles. The van der Waals surface area contributed by atoms with E-state index in [1.54, 1.807) is 0 Å². The van der Waals surface area contributed by atoms with Crippen molar-refractivity contribution in [2.24, 2.45) is 0 Å². The first-order valence-electron chi connectivity index (χ1n) is 7.06. The van der Waals surface area contributed by atoms with Gasteiger partial charge in [-0.15, -0.1) is 0 Å². The van der Waals surface area contributed by atoms with Crippen LogP contribution < -0.4 is 5.32 Å². The number of rotatable bonds is 5. The van der Waals surface area contributed by atoms with Crippen molar-refractivity contribution in [3.8, 4) is 0 Å². The highest BCUT2D eigenvalue weighted by Crippen LogP contribution is 2.19. The number of carbonyl (C=O) groups is 1. The van der Waals surface area contributed by atoms with Gasteiger partial charge in [0.25, 0.3) is 5.91 Å². The third-order valence-corrected chi connectivity index (χ3v) is 4.52. The van der Waals surface area contributed by atoms with Gasteiger partial charge in [0.2, 0.25) is 15.0 Å². The van der Waals surface area contributed by atoms with Crippen LogP contribution in [0.25, 0.3) is 0 Å². The average molecular weight is 344 g/mol. The average Bonchev–Trinajstić information content (AvgIpc) is 2.47. The molecule has 0 radical (unpaired) electrons. The van der Waals surface area contributed by atoms with Crippen molar-refractivity contribution < 1.29 is 13.2 Å². The van der Waals surface area contributed by atoms with Crippen molar-refractivity contribution in [2.75, 3.05) is 12.8 Å². The van der Waals surface area contributed by atoms with E-state index < -0.39 is 20.9 Å². The highest BCUT2D eigenvalue weighted by atomic mass is 35.5. The molecule has 0 saturated heterocycles.